The Hall–Kier alpha value is -0.610. The number of aliphatic hydroxyl groups is 1. The van der Waals surface area contributed by atoms with Crippen LogP contribution in [0.15, 0.2) is 0 Å². The summed E-state index contributed by atoms with van der Waals surface area (Å²) in [5.41, 5.74) is -0.0741. The highest BCUT2D eigenvalue weighted by Crippen LogP contribution is 2.32. The molecule has 4 nitrogen and oxygen atoms in total. The molecule has 0 bridgehead atoms. The topological polar surface area (TPSA) is 61.4 Å². The summed E-state index contributed by atoms with van der Waals surface area (Å²) < 4.78 is 0. The van der Waals surface area contributed by atoms with Crippen molar-refractivity contribution in [1.82, 2.24) is 10.6 Å². The number of rotatable bonds is 3. The first kappa shape index (κ1) is 10.9. The van der Waals surface area contributed by atoms with Crippen molar-refractivity contribution in [3.05, 3.63) is 0 Å². The minimum Gasteiger partial charge on any atom is -0.394 e. The lowest BCUT2D eigenvalue weighted by molar-refractivity contribution is -0.121. The maximum absolute atomic E-state index is 11.4. The Bertz CT molecular complexity index is 233. The minimum absolute atomic E-state index is 0.0741. The van der Waals surface area contributed by atoms with Crippen LogP contribution in [0, 0.1) is 0 Å². The maximum atomic E-state index is 11.4. The van der Waals surface area contributed by atoms with Gasteiger partial charge >= 0.3 is 0 Å². The normalized spacial score (nSPS) is 30.2. The molecule has 1 saturated heterocycles. The monoisotopic (exact) mass is 212 g/mol. The molecule has 1 aliphatic heterocycles. The first-order valence-electron chi connectivity index (χ1n) is 5.89. The number of amides is 1. The SMILES string of the molecule is O=C1CC(NC2(CO)CCC2)CCCN1. The van der Waals surface area contributed by atoms with Gasteiger partial charge in [0.1, 0.15) is 0 Å². The van der Waals surface area contributed by atoms with E-state index in [-0.39, 0.29) is 24.1 Å². The molecule has 4 heteroatoms. The number of hydrogen-bond donors (Lipinski definition) is 3. The molecule has 2 fully saturated rings. The van der Waals surface area contributed by atoms with Gasteiger partial charge in [-0.15, -0.1) is 0 Å². The van der Waals surface area contributed by atoms with E-state index in [1.165, 1.54) is 6.42 Å². The van der Waals surface area contributed by atoms with E-state index in [1.807, 2.05) is 0 Å². The van der Waals surface area contributed by atoms with Crippen molar-refractivity contribution in [3.8, 4) is 0 Å². The van der Waals surface area contributed by atoms with Gasteiger partial charge in [0.25, 0.3) is 0 Å². The number of carbonyl (C=O) groups excluding carboxylic acids is 1. The largest absolute Gasteiger partial charge is 0.394 e. The Morgan fingerprint density at radius 3 is 2.87 bits per heavy atom. The summed E-state index contributed by atoms with van der Waals surface area (Å²) in [6, 6.07) is 0.250. The van der Waals surface area contributed by atoms with Crippen LogP contribution in [0.25, 0.3) is 0 Å². The number of carbonyl (C=O) groups is 1. The van der Waals surface area contributed by atoms with E-state index in [0.717, 1.165) is 32.2 Å². The van der Waals surface area contributed by atoms with Gasteiger partial charge in [-0.1, -0.05) is 0 Å². The third-order valence-corrected chi connectivity index (χ3v) is 3.61. The molecule has 0 aromatic heterocycles. The molecule has 2 rings (SSSR count). The fourth-order valence-electron chi connectivity index (χ4n) is 2.48. The van der Waals surface area contributed by atoms with Crippen molar-refractivity contribution in [2.75, 3.05) is 13.2 Å². The molecule has 1 unspecified atom stereocenters. The van der Waals surface area contributed by atoms with Crippen molar-refractivity contribution < 1.29 is 9.90 Å². The molecule has 2 aliphatic rings. The summed E-state index contributed by atoms with van der Waals surface area (Å²) in [6.45, 7) is 0.994. The van der Waals surface area contributed by atoms with Crippen LogP contribution in [0.4, 0.5) is 0 Å². The van der Waals surface area contributed by atoms with Crippen molar-refractivity contribution in [2.24, 2.45) is 0 Å². The smallest absolute Gasteiger partial charge is 0.221 e. The van der Waals surface area contributed by atoms with E-state index < -0.39 is 0 Å². The molecule has 86 valence electrons. The van der Waals surface area contributed by atoms with Crippen molar-refractivity contribution in [3.63, 3.8) is 0 Å². The lowest BCUT2D eigenvalue weighted by atomic mass is 9.76. The van der Waals surface area contributed by atoms with Crippen LogP contribution < -0.4 is 10.6 Å². The van der Waals surface area contributed by atoms with Crippen LogP contribution >= 0.6 is 0 Å². The zero-order chi connectivity index (χ0) is 10.7. The van der Waals surface area contributed by atoms with Gasteiger partial charge in [-0.25, -0.2) is 0 Å². The average molecular weight is 212 g/mol. The van der Waals surface area contributed by atoms with E-state index in [2.05, 4.69) is 10.6 Å². The molecule has 0 spiro atoms. The van der Waals surface area contributed by atoms with Crippen molar-refractivity contribution in [2.45, 2.75) is 50.1 Å². The number of hydrogen-bond acceptors (Lipinski definition) is 3. The second-order valence-electron chi connectivity index (χ2n) is 4.83. The lowest BCUT2D eigenvalue weighted by Crippen LogP contribution is -2.57. The summed E-state index contributed by atoms with van der Waals surface area (Å²) in [4.78, 5) is 11.4. The molecular formula is C11H20N2O2. The molecule has 1 saturated carbocycles. The molecule has 1 atom stereocenters. The third-order valence-electron chi connectivity index (χ3n) is 3.61. The molecule has 1 aliphatic carbocycles. The molecule has 1 heterocycles. The molecule has 0 aromatic carbocycles. The Morgan fingerprint density at radius 2 is 2.27 bits per heavy atom. The van der Waals surface area contributed by atoms with Gasteiger partial charge in [-0.05, 0) is 32.1 Å². The second-order valence-corrected chi connectivity index (χ2v) is 4.83. The highest BCUT2D eigenvalue weighted by atomic mass is 16.3. The van der Waals surface area contributed by atoms with Gasteiger partial charge in [0.05, 0.1) is 6.61 Å². The molecule has 0 aromatic rings. The summed E-state index contributed by atoms with van der Waals surface area (Å²) >= 11 is 0. The predicted molar refractivity (Wildman–Crippen MR) is 57.5 cm³/mol. The molecular weight excluding hydrogens is 192 g/mol. The zero-order valence-corrected chi connectivity index (χ0v) is 9.09. The Balaban J connectivity index is 1.89. The number of nitrogens with one attached hydrogen (secondary N) is 2. The fraction of sp³-hybridized carbons (Fsp3) is 0.909. The minimum atomic E-state index is -0.0741. The lowest BCUT2D eigenvalue weighted by Gasteiger charge is -2.43. The molecule has 1 amide bonds. The molecule has 0 radical (unpaired) electrons. The maximum Gasteiger partial charge on any atom is 0.221 e. The van der Waals surface area contributed by atoms with Crippen LogP contribution in [0.2, 0.25) is 0 Å². The Labute approximate surface area is 90.4 Å². The van der Waals surface area contributed by atoms with E-state index in [4.69, 9.17) is 0 Å². The van der Waals surface area contributed by atoms with E-state index in [0.29, 0.717) is 6.42 Å². The number of aliphatic hydroxyl groups excluding tert-OH is 1. The summed E-state index contributed by atoms with van der Waals surface area (Å²) in [5, 5.41) is 15.7. The highest BCUT2D eigenvalue weighted by Gasteiger charge is 2.38. The van der Waals surface area contributed by atoms with Crippen LogP contribution in [0.1, 0.15) is 38.5 Å². The summed E-state index contributed by atoms with van der Waals surface area (Å²) in [6.07, 6.45) is 5.89. The zero-order valence-electron chi connectivity index (χ0n) is 9.09. The first-order valence-corrected chi connectivity index (χ1v) is 5.89. The van der Waals surface area contributed by atoms with Gasteiger partial charge in [-0.3, -0.25) is 4.79 Å². The predicted octanol–water partition coefficient (Wildman–Crippen LogP) is 0.160. The van der Waals surface area contributed by atoms with Gasteiger partial charge in [-0.2, -0.15) is 0 Å². The van der Waals surface area contributed by atoms with Gasteiger partial charge in [0.2, 0.25) is 5.91 Å². The first-order chi connectivity index (χ1) is 7.24. The molecule has 15 heavy (non-hydrogen) atoms. The Kier molecular flexibility index (Phi) is 3.26. The standard InChI is InChI=1S/C11H20N2O2/c14-8-11(4-2-5-11)13-9-3-1-6-12-10(15)7-9/h9,13-14H,1-8H2,(H,12,15). The van der Waals surface area contributed by atoms with Gasteiger partial charge in [0.15, 0.2) is 0 Å². The van der Waals surface area contributed by atoms with Crippen LogP contribution in [0.5, 0.6) is 0 Å². The second kappa shape index (κ2) is 4.49. The van der Waals surface area contributed by atoms with E-state index >= 15 is 0 Å². The van der Waals surface area contributed by atoms with E-state index in [1.54, 1.807) is 0 Å². The quantitative estimate of drug-likeness (QED) is 0.624. The van der Waals surface area contributed by atoms with Gasteiger partial charge < -0.3 is 15.7 Å². The van der Waals surface area contributed by atoms with Crippen LogP contribution in [0.3, 0.4) is 0 Å². The highest BCUT2D eigenvalue weighted by molar-refractivity contribution is 5.76. The summed E-state index contributed by atoms with van der Waals surface area (Å²) in [5.74, 6) is 0.136. The average Bonchev–Trinajstić information content (AvgIpc) is 2.36. The summed E-state index contributed by atoms with van der Waals surface area (Å²) in [7, 11) is 0. The Morgan fingerprint density at radius 1 is 1.47 bits per heavy atom. The fourth-order valence-corrected chi connectivity index (χ4v) is 2.48. The van der Waals surface area contributed by atoms with E-state index in [9.17, 15) is 9.90 Å². The molecule has 3 N–H and O–H groups in total. The third kappa shape index (κ3) is 2.49. The van der Waals surface area contributed by atoms with Crippen LogP contribution in [-0.2, 0) is 4.79 Å². The van der Waals surface area contributed by atoms with Crippen molar-refractivity contribution in [1.29, 1.82) is 0 Å². The van der Waals surface area contributed by atoms with Crippen LogP contribution in [-0.4, -0.2) is 35.7 Å². The van der Waals surface area contributed by atoms with Gasteiger partial charge in [0, 0.05) is 24.5 Å². The van der Waals surface area contributed by atoms with Crippen molar-refractivity contribution >= 4 is 5.91 Å².